The molecule has 1 atom stereocenters. The molecule has 0 saturated heterocycles. The number of hydrogen-bond donors (Lipinski definition) is 1. The van der Waals surface area contributed by atoms with Crippen molar-refractivity contribution >= 4 is 0 Å². The van der Waals surface area contributed by atoms with Gasteiger partial charge in [-0.25, -0.2) is 0 Å². The van der Waals surface area contributed by atoms with Crippen LogP contribution in [0.25, 0.3) is 0 Å². The summed E-state index contributed by atoms with van der Waals surface area (Å²) < 4.78 is 39.6. The lowest BCUT2D eigenvalue weighted by atomic mass is 10.1. The van der Waals surface area contributed by atoms with E-state index in [9.17, 15) is 13.2 Å². The lowest BCUT2D eigenvalue weighted by Crippen LogP contribution is -2.25. The predicted octanol–water partition coefficient (Wildman–Crippen LogP) is 2.59. The molecule has 1 N–H and O–H groups in total. The molecule has 1 unspecified atom stereocenters. The molecule has 0 amide bonds. The largest absolute Gasteiger partial charge is 0.411 e. The van der Waals surface area contributed by atoms with E-state index in [0.717, 1.165) is 19.0 Å². The standard InChI is InChI=1S/C11H20F3NO/c1-9(10-3-4-10)7-15-5-2-6-16-8-11(12,13)14/h9-10,15H,2-8H2,1H3. The van der Waals surface area contributed by atoms with Gasteiger partial charge in [-0.3, -0.25) is 0 Å². The molecule has 2 nitrogen and oxygen atoms in total. The summed E-state index contributed by atoms with van der Waals surface area (Å²) in [6.07, 6.45) is -0.906. The van der Waals surface area contributed by atoms with Crippen molar-refractivity contribution in [2.24, 2.45) is 11.8 Å². The fourth-order valence-corrected chi connectivity index (χ4v) is 1.65. The Hall–Kier alpha value is -0.290. The third-order valence-electron chi connectivity index (χ3n) is 2.80. The summed E-state index contributed by atoms with van der Waals surface area (Å²) in [5, 5.41) is 3.24. The zero-order chi connectivity index (χ0) is 12.0. The van der Waals surface area contributed by atoms with Gasteiger partial charge in [0.1, 0.15) is 6.61 Å². The second-order valence-corrected chi connectivity index (χ2v) is 4.54. The van der Waals surface area contributed by atoms with Crippen LogP contribution in [0.1, 0.15) is 26.2 Å². The molecule has 1 saturated carbocycles. The molecule has 1 aliphatic carbocycles. The highest BCUT2D eigenvalue weighted by molar-refractivity contribution is 4.79. The Kier molecular flexibility index (Phi) is 5.55. The summed E-state index contributed by atoms with van der Waals surface area (Å²) >= 11 is 0. The van der Waals surface area contributed by atoms with E-state index in [1.54, 1.807) is 0 Å². The monoisotopic (exact) mass is 239 g/mol. The van der Waals surface area contributed by atoms with Crippen molar-refractivity contribution in [3.8, 4) is 0 Å². The van der Waals surface area contributed by atoms with Crippen LogP contribution in [0.15, 0.2) is 0 Å². The second kappa shape index (κ2) is 6.45. The molecule has 1 rings (SSSR count). The average Bonchev–Trinajstić information content (AvgIpc) is 2.97. The molecule has 1 fully saturated rings. The van der Waals surface area contributed by atoms with Crippen molar-refractivity contribution in [1.29, 1.82) is 0 Å². The zero-order valence-electron chi connectivity index (χ0n) is 9.65. The smallest absolute Gasteiger partial charge is 0.372 e. The van der Waals surface area contributed by atoms with E-state index in [0.29, 0.717) is 12.3 Å². The molecular weight excluding hydrogens is 219 g/mol. The maximum absolute atomic E-state index is 11.7. The molecule has 0 bridgehead atoms. The molecule has 1 aliphatic rings. The van der Waals surface area contributed by atoms with Gasteiger partial charge in [0.05, 0.1) is 0 Å². The van der Waals surface area contributed by atoms with E-state index in [2.05, 4.69) is 17.0 Å². The van der Waals surface area contributed by atoms with E-state index in [-0.39, 0.29) is 6.61 Å². The normalized spacial score (nSPS) is 18.8. The highest BCUT2D eigenvalue weighted by Gasteiger charge is 2.27. The number of alkyl halides is 3. The molecule has 5 heteroatoms. The van der Waals surface area contributed by atoms with Crippen LogP contribution < -0.4 is 5.32 Å². The second-order valence-electron chi connectivity index (χ2n) is 4.54. The minimum absolute atomic E-state index is 0.171. The predicted molar refractivity (Wildman–Crippen MR) is 56.2 cm³/mol. The molecule has 0 heterocycles. The van der Waals surface area contributed by atoms with Gasteiger partial charge in [0.15, 0.2) is 0 Å². The number of hydrogen-bond acceptors (Lipinski definition) is 2. The number of ether oxygens (including phenoxy) is 1. The van der Waals surface area contributed by atoms with Crippen molar-refractivity contribution in [3.63, 3.8) is 0 Å². The SMILES string of the molecule is CC(CNCCCOCC(F)(F)F)C1CC1. The molecule has 0 aliphatic heterocycles. The molecule has 0 aromatic heterocycles. The first-order chi connectivity index (χ1) is 7.49. The maximum atomic E-state index is 11.7. The third-order valence-corrected chi connectivity index (χ3v) is 2.80. The van der Waals surface area contributed by atoms with E-state index in [1.807, 2.05) is 0 Å². The number of nitrogens with one attached hydrogen (secondary N) is 1. The average molecular weight is 239 g/mol. The fourth-order valence-electron chi connectivity index (χ4n) is 1.65. The van der Waals surface area contributed by atoms with Gasteiger partial charge in [-0.2, -0.15) is 13.2 Å². The van der Waals surface area contributed by atoms with E-state index < -0.39 is 12.8 Å². The summed E-state index contributed by atoms with van der Waals surface area (Å²) in [6.45, 7) is 2.94. The van der Waals surface area contributed by atoms with Crippen LogP contribution in [0.3, 0.4) is 0 Å². The van der Waals surface area contributed by atoms with Crippen LogP contribution in [-0.2, 0) is 4.74 Å². The Morgan fingerprint density at radius 3 is 2.62 bits per heavy atom. The van der Waals surface area contributed by atoms with Crippen LogP contribution in [0, 0.1) is 11.8 Å². The van der Waals surface area contributed by atoms with Gasteiger partial charge in [0.25, 0.3) is 0 Å². The van der Waals surface area contributed by atoms with Gasteiger partial charge in [-0.15, -0.1) is 0 Å². The summed E-state index contributed by atoms with van der Waals surface area (Å²) in [4.78, 5) is 0. The van der Waals surface area contributed by atoms with Crippen molar-refractivity contribution in [3.05, 3.63) is 0 Å². The van der Waals surface area contributed by atoms with Crippen LogP contribution in [0.4, 0.5) is 13.2 Å². The van der Waals surface area contributed by atoms with Gasteiger partial charge in [-0.1, -0.05) is 6.92 Å². The highest BCUT2D eigenvalue weighted by atomic mass is 19.4. The number of halogens is 3. The Morgan fingerprint density at radius 1 is 1.38 bits per heavy atom. The first-order valence-corrected chi connectivity index (χ1v) is 5.84. The van der Waals surface area contributed by atoms with Crippen LogP contribution in [-0.4, -0.2) is 32.5 Å². The van der Waals surface area contributed by atoms with Crippen molar-refractivity contribution < 1.29 is 17.9 Å². The maximum Gasteiger partial charge on any atom is 0.411 e. The summed E-state index contributed by atoms with van der Waals surface area (Å²) in [5.41, 5.74) is 0. The Labute approximate surface area is 94.5 Å². The molecule has 0 spiro atoms. The first kappa shape index (κ1) is 13.8. The third kappa shape index (κ3) is 7.06. The number of rotatable bonds is 8. The van der Waals surface area contributed by atoms with Crippen LogP contribution in [0.2, 0.25) is 0 Å². The topological polar surface area (TPSA) is 21.3 Å². The van der Waals surface area contributed by atoms with Gasteiger partial charge in [0.2, 0.25) is 0 Å². The van der Waals surface area contributed by atoms with Crippen molar-refractivity contribution in [2.75, 3.05) is 26.3 Å². The molecular formula is C11H20F3NO. The van der Waals surface area contributed by atoms with Crippen LogP contribution >= 0.6 is 0 Å². The summed E-state index contributed by atoms with van der Waals surface area (Å²) in [7, 11) is 0. The minimum atomic E-state index is -4.20. The Bertz CT molecular complexity index is 192. The van der Waals surface area contributed by atoms with Crippen molar-refractivity contribution in [1.82, 2.24) is 5.32 Å². The molecule has 0 aromatic rings. The van der Waals surface area contributed by atoms with E-state index >= 15 is 0 Å². The Balaban J connectivity index is 1.81. The van der Waals surface area contributed by atoms with Gasteiger partial charge < -0.3 is 10.1 Å². The lowest BCUT2D eigenvalue weighted by Gasteiger charge is -2.11. The van der Waals surface area contributed by atoms with Crippen LogP contribution in [0.5, 0.6) is 0 Å². The molecule has 0 aromatic carbocycles. The van der Waals surface area contributed by atoms with E-state index in [4.69, 9.17) is 0 Å². The summed E-state index contributed by atoms with van der Waals surface area (Å²) in [6, 6.07) is 0. The highest BCUT2D eigenvalue weighted by Crippen LogP contribution is 2.35. The van der Waals surface area contributed by atoms with Gasteiger partial charge in [-0.05, 0) is 44.2 Å². The lowest BCUT2D eigenvalue weighted by molar-refractivity contribution is -0.173. The van der Waals surface area contributed by atoms with E-state index in [1.165, 1.54) is 12.8 Å². The van der Waals surface area contributed by atoms with Crippen molar-refractivity contribution in [2.45, 2.75) is 32.4 Å². The quantitative estimate of drug-likeness (QED) is 0.657. The van der Waals surface area contributed by atoms with Gasteiger partial charge >= 0.3 is 6.18 Å². The van der Waals surface area contributed by atoms with Gasteiger partial charge in [0, 0.05) is 6.61 Å². The Morgan fingerprint density at radius 2 is 2.06 bits per heavy atom. The molecule has 16 heavy (non-hydrogen) atoms. The summed E-state index contributed by atoms with van der Waals surface area (Å²) in [5.74, 6) is 1.56. The zero-order valence-corrected chi connectivity index (χ0v) is 9.65. The fraction of sp³-hybridized carbons (Fsp3) is 1.00. The first-order valence-electron chi connectivity index (χ1n) is 5.84. The minimum Gasteiger partial charge on any atom is -0.372 e. The molecule has 0 radical (unpaired) electrons. The molecule has 96 valence electrons.